The molecule has 4 heteroatoms. The Morgan fingerprint density at radius 2 is 1.76 bits per heavy atom. The molecule has 0 radical (unpaired) electrons. The van der Waals surface area contributed by atoms with Crippen LogP contribution >= 0.6 is 0 Å². The van der Waals surface area contributed by atoms with Crippen molar-refractivity contribution in [3.05, 3.63) is 59.2 Å². The van der Waals surface area contributed by atoms with Crippen LogP contribution in [0.15, 0.2) is 42.5 Å². The molecular weight excluding hydrogens is 312 g/mol. The summed E-state index contributed by atoms with van der Waals surface area (Å²) in [6, 6.07) is 14.7. The second-order valence-electron chi connectivity index (χ2n) is 6.90. The Morgan fingerprint density at radius 1 is 0.960 bits per heavy atom. The summed E-state index contributed by atoms with van der Waals surface area (Å²) in [5.74, 6) is 0.936. The maximum Gasteiger partial charge on any atom is 0.224 e. The van der Waals surface area contributed by atoms with E-state index in [1.54, 1.807) is 0 Å². The molecule has 0 aliphatic carbocycles. The van der Waals surface area contributed by atoms with Crippen molar-refractivity contribution in [3.63, 3.8) is 0 Å². The lowest BCUT2D eigenvalue weighted by atomic mass is 10.0. The van der Waals surface area contributed by atoms with Gasteiger partial charge in [0.05, 0.1) is 6.61 Å². The van der Waals surface area contributed by atoms with Gasteiger partial charge in [-0.05, 0) is 48.6 Å². The number of nitrogens with one attached hydrogen (secondary N) is 1. The van der Waals surface area contributed by atoms with Gasteiger partial charge in [-0.15, -0.1) is 0 Å². The molecule has 25 heavy (non-hydrogen) atoms. The van der Waals surface area contributed by atoms with E-state index < -0.39 is 0 Å². The molecule has 1 N–H and O–H groups in total. The zero-order chi connectivity index (χ0) is 17.1. The number of ether oxygens (including phenoxy) is 1. The standard InChI is InChI=1S/C21H24N2O2/c24-21-10-8-16-7-9-19(13-20(16)22-21)25-12-4-3-11-23-14-17-5-1-2-6-18(17)15-23/h1-2,5-7,9,13H,3-4,8,10-12,14-15H2,(H,22,24). The highest BCUT2D eigenvalue weighted by Crippen LogP contribution is 2.27. The van der Waals surface area contributed by atoms with Crippen LogP contribution < -0.4 is 10.1 Å². The predicted molar refractivity (Wildman–Crippen MR) is 98.7 cm³/mol. The summed E-state index contributed by atoms with van der Waals surface area (Å²) in [4.78, 5) is 14.0. The van der Waals surface area contributed by atoms with E-state index in [1.165, 1.54) is 16.7 Å². The average Bonchev–Trinajstić information content (AvgIpc) is 3.04. The second-order valence-corrected chi connectivity index (χ2v) is 6.90. The Morgan fingerprint density at radius 3 is 2.56 bits per heavy atom. The van der Waals surface area contributed by atoms with Crippen molar-refractivity contribution < 1.29 is 9.53 Å². The van der Waals surface area contributed by atoms with Gasteiger partial charge in [0.2, 0.25) is 5.91 Å². The SMILES string of the molecule is O=C1CCc2ccc(OCCCCN3Cc4ccccc4C3)cc2N1. The third-order valence-corrected chi connectivity index (χ3v) is 5.02. The molecule has 2 aliphatic rings. The van der Waals surface area contributed by atoms with Crippen molar-refractivity contribution in [2.45, 2.75) is 38.8 Å². The lowest BCUT2D eigenvalue weighted by Crippen LogP contribution is -2.19. The lowest BCUT2D eigenvalue weighted by Gasteiger charge is -2.18. The normalized spacial score (nSPS) is 16.2. The number of fused-ring (bicyclic) bond motifs is 2. The molecule has 0 aromatic heterocycles. The largest absolute Gasteiger partial charge is 0.494 e. The van der Waals surface area contributed by atoms with Crippen LogP contribution in [0.2, 0.25) is 0 Å². The summed E-state index contributed by atoms with van der Waals surface area (Å²) in [6.45, 7) is 3.97. The summed E-state index contributed by atoms with van der Waals surface area (Å²) in [5, 5.41) is 2.92. The van der Waals surface area contributed by atoms with Gasteiger partial charge < -0.3 is 10.1 Å². The quantitative estimate of drug-likeness (QED) is 0.817. The first-order valence-corrected chi connectivity index (χ1v) is 9.13. The lowest BCUT2D eigenvalue weighted by molar-refractivity contribution is -0.116. The Labute approximate surface area is 148 Å². The van der Waals surface area contributed by atoms with Gasteiger partial charge >= 0.3 is 0 Å². The first-order chi connectivity index (χ1) is 12.3. The fourth-order valence-electron chi connectivity index (χ4n) is 3.63. The van der Waals surface area contributed by atoms with Gasteiger partial charge in [0.15, 0.2) is 0 Å². The van der Waals surface area contributed by atoms with Crippen LogP contribution in [0.3, 0.4) is 0 Å². The molecule has 0 saturated heterocycles. The molecule has 0 saturated carbocycles. The van der Waals surface area contributed by atoms with Crippen LogP contribution in [0.1, 0.15) is 36.0 Å². The highest BCUT2D eigenvalue weighted by molar-refractivity contribution is 5.94. The molecular formula is C21H24N2O2. The molecule has 0 fully saturated rings. The number of amides is 1. The average molecular weight is 336 g/mol. The maximum absolute atomic E-state index is 11.5. The van der Waals surface area contributed by atoms with Crippen LogP contribution in [0.25, 0.3) is 0 Å². The van der Waals surface area contributed by atoms with Gasteiger partial charge in [0.25, 0.3) is 0 Å². The minimum atomic E-state index is 0.0938. The summed E-state index contributed by atoms with van der Waals surface area (Å²) < 4.78 is 5.86. The number of anilines is 1. The Bertz CT molecular complexity index is 747. The molecule has 2 aromatic carbocycles. The Kier molecular flexibility index (Phi) is 4.70. The zero-order valence-electron chi connectivity index (χ0n) is 14.5. The van der Waals surface area contributed by atoms with Crippen molar-refractivity contribution in [2.75, 3.05) is 18.5 Å². The van der Waals surface area contributed by atoms with E-state index in [4.69, 9.17) is 4.74 Å². The van der Waals surface area contributed by atoms with Gasteiger partial charge in [0.1, 0.15) is 5.75 Å². The molecule has 0 bridgehead atoms. The number of benzene rings is 2. The van der Waals surface area contributed by atoms with Crippen molar-refractivity contribution in [1.82, 2.24) is 4.90 Å². The number of rotatable bonds is 6. The van der Waals surface area contributed by atoms with Crippen molar-refractivity contribution in [2.24, 2.45) is 0 Å². The Balaban J connectivity index is 1.19. The number of hydrogen-bond acceptors (Lipinski definition) is 3. The monoisotopic (exact) mass is 336 g/mol. The van der Waals surface area contributed by atoms with Crippen LogP contribution in [0.5, 0.6) is 5.75 Å². The topological polar surface area (TPSA) is 41.6 Å². The van der Waals surface area contributed by atoms with E-state index in [0.29, 0.717) is 13.0 Å². The van der Waals surface area contributed by atoms with Gasteiger partial charge in [-0.3, -0.25) is 9.69 Å². The number of unbranched alkanes of at least 4 members (excludes halogenated alkanes) is 1. The number of aryl methyl sites for hydroxylation is 1. The third kappa shape index (κ3) is 3.85. The molecule has 2 aliphatic heterocycles. The van der Waals surface area contributed by atoms with Gasteiger partial charge in [-0.25, -0.2) is 0 Å². The molecule has 0 atom stereocenters. The predicted octanol–water partition coefficient (Wildman–Crippen LogP) is 3.75. The van der Waals surface area contributed by atoms with Crippen molar-refractivity contribution in [1.29, 1.82) is 0 Å². The smallest absolute Gasteiger partial charge is 0.224 e. The van der Waals surface area contributed by atoms with Gasteiger partial charge in [0, 0.05) is 31.3 Å². The fourth-order valence-corrected chi connectivity index (χ4v) is 3.63. The summed E-state index contributed by atoms with van der Waals surface area (Å²) in [7, 11) is 0. The van der Waals surface area contributed by atoms with E-state index in [2.05, 4.69) is 40.5 Å². The first-order valence-electron chi connectivity index (χ1n) is 9.13. The zero-order valence-corrected chi connectivity index (χ0v) is 14.5. The van der Waals surface area contributed by atoms with Crippen molar-refractivity contribution >= 4 is 11.6 Å². The molecule has 0 spiro atoms. The minimum Gasteiger partial charge on any atom is -0.494 e. The molecule has 4 rings (SSSR count). The van der Waals surface area contributed by atoms with E-state index >= 15 is 0 Å². The number of hydrogen-bond donors (Lipinski definition) is 1. The highest BCUT2D eigenvalue weighted by Gasteiger charge is 2.17. The minimum absolute atomic E-state index is 0.0938. The third-order valence-electron chi connectivity index (χ3n) is 5.02. The van der Waals surface area contributed by atoms with E-state index in [-0.39, 0.29) is 5.91 Å². The number of carbonyl (C=O) groups is 1. The first kappa shape index (κ1) is 16.2. The fraction of sp³-hybridized carbons (Fsp3) is 0.381. The van der Waals surface area contributed by atoms with E-state index in [9.17, 15) is 4.79 Å². The van der Waals surface area contributed by atoms with Crippen LogP contribution in [0.4, 0.5) is 5.69 Å². The van der Waals surface area contributed by atoms with E-state index in [1.807, 2.05) is 12.1 Å². The van der Waals surface area contributed by atoms with E-state index in [0.717, 1.165) is 50.3 Å². The second kappa shape index (κ2) is 7.28. The number of carbonyl (C=O) groups excluding carboxylic acids is 1. The molecule has 1 amide bonds. The number of nitrogens with zero attached hydrogens (tertiary/aromatic N) is 1. The molecule has 130 valence electrons. The van der Waals surface area contributed by atoms with Gasteiger partial charge in [-0.2, -0.15) is 0 Å². The highest BCUT2D eigenvalue weighted by atomic mass is 16.5. The maximum atomic E-state index is 11.5. The molecule has 0 unspecified atom stereocenters. The van der Waals surface area contributed by atoms with Crippen molar-refractivity contribution in [3.8, 4) is 5.75 Å². The molecule has 2 heterocycles. The molecule has 4 nitrogen and oxygen atoms in total. The van der Waals surface area contributed by atoms with Crippen LogP contribution in [-0.4, -0.2) is 24.0 Å². The molecule has 2 aromatic rings. The summed E-state index contributed by atoms with van der Waals surface area (Å²) in [6.07, 6.45) is 3.57. The van der Waals surface area contributed by atoms with Crippen LogP contribution in [-0.2, 0) is 24.3 Å². The summed E-state index contributed by atoms with van der Waals surface area (Å²) in [5.41, 5.74) is 5.04. The summed E-state index contributed by atoms with van der Waals surface area (Å²) >= 11 is 0. The van der Waals surface area contributed by atoms with Crippen LogP contribution in [0, 0.1) is 0 Å². The van der Waals surface area contributed by atoms with Gasteiger partial charge in [-0.1, -0.05) is 30.3 Å². The Hall–Kier alpha value is -2.33.